The Hall–Kier alpha value is -0.370. The summed E-state index contributed by atoms with van der Waals surface area (Å²) >= 11 is 0. The number of halogens is 1. The summed E-state index contributed by atoms with van der Waals surface area (Å²) < 4.78 is 12.6. The Morgan fingerprint density at radius 3 is 2.90 bits per heavy atom. The van der Waals surface area contributed by atoms with Gasteiger partial charge in [-0.25, -0.2) is 4.39 Å². The van der Waals surface area contributed by atoms with Gasteiger partial charge in [-0.3, -0.25) is 4.90 Å². The number of nitrogens with zero attached hydrogens (tertiary/aromatic N) is 1. The summed E-state index contributed by atoms with van der Waals surface area (Å²) in [6.07, 6.45) is 1.94. The van der Waals surface area contributed by atoms with Crippen LogP contribution in [0.3, 0.4) is 0 Å². The van der Waals surface area contributed by atoms with Crippen LogP contribution in [0.25, 0.3) is 0 Å². The molecule has 2 heteroatoms. The van der Waals surface area contributed by atoms with Gasteiger partial charge in [-0.05, 0) is 13.3 Å². The monoisotopic (exact) mass is 143 g/mol. The summed E-state index contributed by atoms with van der Waals surface area (Å²) in [6.45, 7) is 7.19. The van der Waals surface area contributed by atoms with Crippen molar-refractivity contribution in [3.63, 3.8) is 0 Å². The van der Waals surface area contributed by atoms with E-state index in [1.165, 1.54) is 0 Å². The third-order valence-corrected chi connectivity index (χ3v) is 2.08. The summed E-state index contributed by atoms with van der Waals surface area (Å²) in [6, 6.07) is 0.334. The van der Waals surface area contributed by atoms with Crippen molar-refractivity contribution >= 4 is 0 Å². The minimum Gasteiger partial charge on any atom is -0.294 e. The second-order valence-corrected chi connectivity index (χ2v) is 2.86. The molecule has 1 aliphatic rings. The van der Waals surface area contributed by atoms with Crippen molar-refractivity contribution < 1.29 is 4.39 Å². The van der Waals surface area contributed by atoms with Gasteiger partial charge in [-0.1, -0.05) is 6.08 Å². The van der Waals surface area contributed by atoms with E-state index in [9.17, 15) is 4.39 Å². The van der Waals surface area contributed by atoms with Gasteiger partial charge in [0.15, 0.2) is 0 Å². The summed E-state index contributed by atoms with van der Waals surface area (Å²) in [5, 5.41) is 0. The maximum Gasteiger partial charge on any atom is 0.114 e. The Labute approximate surface area is 61.5 Å². The fourth-order valence-electron chi connectivity index (χ4n) is 1.26. The number of likely N-dealkylation sites (tertiary alicyclic amines) is 1. The van der Waals surface area contributed by atoms with Gasteiger partial charge in [0, 0.05) is 19.1 Å². The molecule has 1 saturated heterocycles. The van der Waals surface area contributed by atoms with E-state index in [0.29, 0.717) is 19.0 Å². The van der Waals surface area contributed by atoms with Gasteiger partial charge in [0.05, 0.1) is 0 Å². The molecule has 2 atom stereocenters. The topological polar surface area (TPSA) is 3.24 Å². The third-order valence-electron chi connectivity index (χ3n) is 2.08. The van der Waals surface area contributed by atoms with Gasteiger partial charge < -0.3 is 0 Å². The normalized spacial score (nSPS) is 30.4. The number of hydrogen-bond donors (Lipinski definition) is 0. The quantitative estimate of drug-likeness (QED) is 0.531. The first-order chi connectivity index (χ1) is 4.74. The number of hydrogen-bond acceptors (Lipinski definition) is 1. The van der Waals surface area contributed by atoms with Crippen LogP contribution in [0.1, 0.15) is 13.3 Å². The highest BCUT2D eigenvalue weighted by atomic mass is 19.1. The molecule has 0 aliphatic carbocycles. The molecule has 1 fully saturated rings. The molecule has 1 aliphatic heterocycles. The first-order valence-corrected chi connectivity index (χ1v) is 3.74. The fraction of sp³-hybridized carbons (Fsp3) is 0.750. The highest BCUT2D eigenvalue weighted by Crippen LogP contribution is 2.15. The molecule has 0 spiro atoms. The van der Waals surface area contributed by atoms with Crippen LogP contribution in [-0.4, -0.2) is 30.2 Å². The van der Waals surface area contributed by atoms with Crippen LogP contribution in [0, 0.1) is 0 Å². The van der Waals surface area contributed by atoms with Crippen LogP contribution in [0.5, 0.6) is 0 Å². The molecular weight excluding hydrogens is 129 g/mol. The van der Waals surface area contributed by atoms with E-state index in [-0.39, 0.29) is 0 Å². The lowest BCUT2D eigenvalue weighted by molar-refractivity contribution is 0.263. The Morgan fingerprint density at radius 2 is 2.50 bits per heavy atom. The van der Waals surface area contributed by atoms with E-state index in [0.717, 1.165) is 6.54 Å². The Balaban J connectivity index is 2.36. The molecule has 0 radical (unpaired) electrons. The molecule has 0 N–H and O–H groups in total. The molecule has 0 bridgehead atoms. The molecule has 0 aromatic rings. The van der Waals surface area contributed by atoms with Crippen LogP contribution in [-0.2, 0) is 0 Å². The zero-order valence-corrected chi connectivity index (χ0v) is 6.39. The maximum absolute atomic E-state index is 12.6. The van der Waals surface area contributed by atoms with Crippen molar-refractivity contribution in [2.45, 2.75) is 25.6 Å². The SMILES string of the molecule is C=C[C@H](C)N1CC[C@@H](F)C1. The van der Waals surface area contributed by atoms with Crippen molar-refractivity contribution in [1.29, 1.82) is 0 Å². The number of rotatable bonds is 2. The second kappa shape index (κ2) is 3.15. The van der Waals surface area contributed by atoms with E-state index < -0.39 is 6.17 Å². The second-order valence-electron chi connectivity index (χ2n) is 2.86. The molecule has 58 valence electrons. The average molecular weight is 143 g/mol. The van der Waals surface area contributed by atoms with Crippen LogP contribution in [0.15, 0.2) is 12.7 Å². The standard InChI is InChI=1S/C8H14FN/c1-3-7(2)10-5-4-8(9)6-10/h3,7-8H,1,4-6H2,2H3/t7-,8+/m0/s1. The zero-order chi connectivity index (χ0) is 7.56. The first-order valence-electron chi connectivity index (χ1n) is 3.74. The molecule has 1 heterocycles. The van der Waals surface area contributed by atoms with Crippen LogP contribution < -0.4 is 0 Å². The van der Waals surface area contributed by atoms with Crippen molar-refractivity contribution in [3.8, 4) is 0 Å². The van der Waals surface area contributed by atoms with Crippen LogP contribution in [0.2, 0.25) is 0 Å². The smallest absolute Gasteiger partial charge is 0.114 e. The van der Waals surface area contributed by atoms with Gasteiger partial charge in [0.25, 0.3) is 0 Å². The molecule has 10 heavy (non-hydrogen) atoms. The van der Waals surface area contributed by atoms with Gasteiger partial charge in [-0.15, -0.1) is 6.58 Å². The van der Waals surface area contributed by atoms with Crippen LogP contribution in [0.4, 0.5) is 4.39 Å². The summed E-state index contributed by atoms with van der Waals surface area (Å²) in [5.41, 5.74) is 0. The minimum absolute atomic E-state index is 0.334. The number of alkyl halides is 1. The van der Waals surface area contributed by atoms with E-state index >= 15 is 0 Å². The molecule has 0 unspecified atom stereocenters. The summed E-state index contributed by atoms with van der Waals surface area (Å²) in [7, 11) is 0. The molecule has 1 rings (SSSR count). The minimum atomic E-state index is -0.609. The Kier molecular flexibility index (Phi) is 2.44. The molecule has 0 saturated carbocycles. The predicted molar refractivity (Wildman–Crippen MR) is 40.7 cm³/mol. The molecule has 1 nitrogen and oxygen atoms in total. The summed E-state index contributed by atoms with van der Waals surface area (Å²) in [5.74, 6) is 0. The van der Waals surface area contributed by atoms with E-state index in [2.05, 4.69) is 11.5 Å². The van der Waals surface area contributed by atoms with Crippen molar-refractivity contribution in [2.24, 2.45) is 0 Å². The lowest BCUT2D eigenvalue weighted by Crippen LogP contribution is -2.29. The largest absolute Gasteiger partial charge is 0.294 e. The zero-order valence-electron chi connectivity index (χ0n) is 6.39. The molecule has 0 aromatic carbocycles. The van der Waals surface area contributed by atoms with Crippen LogP contribution >= 0.6 is 0 Å². The third kappa shape index (κ3) is 1.57. The molecule has 0 aromatic heterocycles. The Bertz CT molecular complexity index is 124. The molecular formula is C8H14FN. The average Bonchev–Trinajstić information content (AvgIpc) is 2.34. The van der Waals surface area contributed by atoms with Gasteiger partial charge in [0.1, 0.15) is 6.17 Å². The van der Waals surface area contributed by atoms with E-state index in [1.807, 2.05) is 13.0 Å². The predicted octanol–water partition coefficient (Wildman–Crippen LogP) is 1.60. The Morgan fingerprint density at radius 1 is 1.80 bits per heavy atom. The van der Waals surface area contributed by atoms with Crippen molar-refractivity contribution in [1.82, 2.24) is 4.90 Å². The lowest BCUT2D eigenvalue weighted by Gasteiger charge is -2.19. The highest BCUT2D eigenvalue weighted by molar-refractivity contribution is 4.88. The summed E-state index contributed by atoms with van der Waals surface area (Å²) in [4.78, 5) is 2.11. The first kappa shape index (κ1) is 7.73. The van der Waals surface area contributed by atoms with Crippen molar-refractivity contribution in [2.75, 3.05) is 13.1 Å². The fourth-order valence-corrected chi connectivity index (χ4v) is 1.26. The lowest BCUT2D eigenvalue weighted by atomic mass is 10.3. The highest BCUT2D eigenvalue weighted by Gasteiger charge is 2.23. The van der Waals surface area contributed by atoms with E-state index in [1.54, 1.807) is 0 Å². The van der Waals surface area contributed by atoms with Gasteiger partial charge >= 0.3 is 0 Å². The maximum atomic E-state index is 12.6. The van der Waals surface area contributed by atoms with Gasteiger partial charge in [0.2, 0.25) is 0 Å². The van der Waals surface area contributed by atoms with Crippen molar-refractivity contribution in [3.05, 3.63) is 12.7 Å². The van der Waals surface area contributed by atoms with Gasteiger partial charge in [-0.2, -0.15) is 0 Å². The van der Waals surface area contributed by atoms with E-state index in [4.69, 9.17) is 0 Å². The molecule has 0 amide bonds.